The van der Waals surface area contributed by atoms with Gasteiger partial charge in [-0.1, -0.05) is 11.8 Å². The van der Waals surface area contributed by atoms with E-state index in [9.17, 15) is 9.59 Å². The molecule has 0 spiro atoms. The maximum absolute atomic E-state index is 11.8. The zero-order chi connectivity index (χ0) is 13.7. The first-order chi connectivity index (χ1) is 8.49. The van der Waals surface area contributed by atoms with E-state index in [2.05, 4.69) is 4.98 Å². The molecule has 0 aliphatic heterocycles. The van der Waals surface area contributed by atoms with E-state index in [0.29, 0.717) is 28.9 Å². The van der Waals surface area contributed by atoms with Crippen LogP contribution in [0.25, 0.3) is 0 Å². The molecule has 5 nitrogen and oxygen atoms in total. The van der Waals surface area contributed by atoms with Gasteiger partial charge in [-0.3, -0.25) is 4.79 Å². The van der Waals surface area contributed by atoms with E-state index in [0.717, 1.165) is 11.3 Å². The Kier molecular flexibility index (Phi) is 5.61. The lowest BCUT2D eigenvalue weighted by atomic mass is 10.4. The van der Waals surface area contributed by atoms with Gasteiger partial charge in [0.25, 0.3) is 0 Å². The van der Waals surface area contributed by atoms with Crippen LogP contribution in [0.2, 0.25) is 0 Å². The molecule has 100 valence electrons. The first-order valence-electron chi connectivity index (χ1n) is 5.60. The van der Waals surface area contributed by atoms with E-state index in [1.54, 1.807) is 11.8 Å². The molecule has 1 aromatic rings. The fourth-order valence-corrected chi connectivity index (χ4v) is 3.35. The van der Waals surface area contributed by atoms with Gasteiger partial charge in [0, 0.05) is 13.1 Å². The fraction of sp³-hybridized carbons (Fsp3) is 0.545. The molecule has 0 unspecified atom stereocenters. The number of hydrogen-bond donors (Lipinski definition) is 1. The van der Waals surface area contributed by atoms with Crippen molar-refractivity contribution in [3.05, 3.63) is 10.6 Å². The molecule has 0 aliphatic rings. The lowest BCUT2D eigenvalue weighted by Gasteiger charge is -2.17. The van der Waals surface area contributed by atoms with Crippen LogP contribution in [-0.2, 0) is 4.79 Å². The highest BCUT2D eigenvalue weighted by atomic mass is 32.2. The number of aromatic nitrogens is 1. The molecule has 1 amide bonds. The molecule has 1 heterocycles. The summed E-state index contributed by atoms with van der Waals surface area (Å²) < 4.78 is 0.630. The average molecular weight is 288 g/mol. The van der Waals surface area contributed by atoms with E-state index in [4.69, 9.17) is 5.11 Å². The molecule has 7 heteroatoms. The Hall–Kier alpha value is -1.08. The third-order valence-corrected chi connectivity index (χ3v) is 4.68. The molecule has 18 heavy (non-hydrogen) atoms. The fourth-order valence-electron chi connectivity index (χ4n) is 1.42. The summed E-state index contributed by atoms with van der Waals surface area (Å²) in [6.45, 7) is 6.90. The minimum absolute atomic E-state index is 0.0507. The number of nitrogens with zero attached hydrogens (tertiary/aromatic N) is 2. The Morgan fingerprint density at radius 2 is 2.00 bits per heavy atom. The first kappa shape index (κ1) is 15.0. The standard InChI is InChI=1S/C11H16N2O3S2/c1-4-13(5-2)8(14)6-17-11-12-7(3)9(18-11)10(15)16/h4-6H2,1-3H3,(H,15,16). The molecule has 0 aromatic carbocycles. The predicted octanol–water partition coefficient (Wildman–Crippen LogP) is 2.11. The van der Waals surface area contributed by atoms with Crippen molar-refractivity contribution < 1.29 is 14.7 Å². The summed E-state index contributed by atoms with van der Waals surface area (Å²) in [5.41, 5.74) is 0.505. The zero-order valence-corrected chi connectivity index (χ0v) is 12.2. The Morgan fingerprint density at radius 1 is 1.39 bits per heavy atom. The van der Waals surface area contributed by atoms with E-state index in [-0.39, 0.29) is 10.8 Å². The number of carbonyl (C=O) groups is 2. The number of carbonyl (C=O) groups excluding carboxylic acids is 1. The summed E-state index contributed by atoms with van der Waals surface area (Å²) in [4.78, 5) is 28.8. The van der Waals surface area contributed by atoms with Crippen molar-refractivity contribution in [1.82, 2.24) is 9.88 Å². The summed E-state index contributed by atoms with van der Waals surface area (Å²) >= 11 is 2.41. The van der Waals surface area contributed by atoms with Crippen LogP contribution in [-0.4, -0.2) is 45.7 Å². The molecule has 0 saturated heterocycles. The Labute approximate surface area is 114 Å². The number of thiazole rings is 1. The molecular weight excluding hydrogens is 272 g/mol. The number of thioether (sulfide) groups is 1. The molecule has 0 bridgehead atoms. The molecule has 0 atom stereocenters. The summed E-state index contributed by atoms with van der Waals surface area (Å²) in [6, 6.07) is 0. The number of amides is 1. The summed E-state index contributed by atoms with van der Waals surface area (Å²) in [6.07, 6.45) is 0. The van der Waals surface area contributed by atoms with Gasteiger partial charge in [0.1, 0.15) is 4.88 Å². The lowest BCUT2D eigenvalue weighted by Crippen LogP contribution is -2.31. The predicted molar refractivity (Wildman–Crippen MR) is 72.5 cm³/mol. The third kappa shape index (κ3) is 3.71. The molecular formula is C11H16N2O3S2. The van der Waals surface area contributed by atoms with Crippen molar-refractivity contribution in [3.63, 3.8) is 0 Å². The van der Waals surface area contributed by atoms with Crippen LogP contribution in [0.3, 0.4) is 0 Å². The van der Waals surface area contributed by atoms with Crippen LogP contribution in [0.4, 0.5) is 0 Å². The van der Waals surface area contributed by atoms with Gasteiger partial charge in [-0.2, -0.15) is 0 Å². The number of aromatic carboxylic acids is 1. The molecule has 0 fully saturated rings. The van der Waals surface area contributed by atoms with Crippen molar-refractivity contribution in [1.29, 1.82) is 0 Å². The number of carboxylic acids is 1. The highest BCUT2D eigenvalue weighted by Crippen LogP contribution is 2.27. The maximum atomic E-state index is 11.8. The van der Waals surface area contributed by atoms with Crippen molar-refractivity contribution in [2.24, 2.45) is 0 Å². The first-order valence-corrected chi connectivity index (χ1v) is 7.41. The normalized spacial score (nSPS) is 10.4. The molecule has 1 N–H and O–H groups in total. The second kappa shape index (κ2) is 6.75. The number of carboxylic acid groups (broad SMARTS) is 1. The van der Waals surface area contributed by atoms with Crippen molar-refractivity contribution >= 4 is 35.0 Å². The van der Waals surface area contributed by atoms with Crippen LogP contribution in [0, 0.1) is 6.92 Å². The topological polar surface area (TPSA) is 70.5 Å². The molecule has 1 aromatic heterocycles. The molecule has 1 rings (SSSR count). The Balaban J connectivity index is 2.61. The molecule has 0 saturated carbocycles. The number of rotatable bonds is 6. The SMILES string of the molecule is CCN(CC)C(=O)CSc1nc(C)c(C(=O)O)s1. The second-order valence-corrected chi connectivity index (χ2v) is 5.78. The van der Waals surface area contributed by atoms with Crippen molar-refractivity contribution in [2.75, 3.05) is 18.8 Å². The van der Waals surface area contributed by atoms with Gasteiger partial charge in [0.2, 0.25) is 5.91 Å². The highest BCUT2D eigenvalue weighted by Gasteiger charge is 2.16. The lowest BCUT2D eigenvalue weighted by molar-refractivity contribution is -0.127. The van der Waals surface area contributed by atoms with E-state index < -0.39 is 5.97 Å². The van der Waals surface area contributed by atoms with Crippen LogP contribution in [0.5, 0.6) is 0 Å². The maximum Gasteiger partial charge on any atom is 0.347 e. The smallest absolute Gasteiger partial charge is 0.347 e. The Morgan fingerprint density at radius 3 is 2.44 bits per heavy atom. The van der Waals surface area contributed by atoms with E-state index in [1.807, 2.05) is 13.8 Å². The van der Waals surface area contributed by atoms with Crippen LogP contribution < -0.4 is 0 Å². The van der Waals surface area contributed by atoms with Crippen LogP contribution >= 0.6 is 23.1 Å². The van der Waals surface area contributed by atoms with Gasteiger partial charge in [0.05, 0.1) is 11.4 Å². The second-order valence-electron chi connectivity index (χ2n) is 3.55. The monoisotopic (exact) mass is 288 g/mol. The van der Waals surface area contributed by atoms with Gasteiger partial charge in [-0.05, 0) is 20.8 Å². The van der Waals surface area contributed by atoms with E-state index >= 15 is 0 Å². The van der Waals surface area contributed by atoms with E-state index in [1.165, 1.54) is 11.8 Å². The van der Waals surface area contributed by atoms with Gasteiger partial charge in [-0.25, -0.2) is 9.78 Å². The van der Waals surface area contributed by atoms with Crippen molar-refractivity contribution in [2.45, 2.75) is 25.1 Å². The minimum Gasteiger partial charge on any atom is -0.477 e. The minimum atomic E-state index is -0.966. The van der Waals surface area contributed by atoms with Crippen molar-refractivity contribution in [3.8, 4) is 0 Å². The Bertz CT molecular complexity index is 441. The molecule has 0 aliphatic carbocycles. The summed E-state index contributed by atoms with van der Waals surface area (Å²) in [5.74, 6) is -0.616. The third-order valence-electron chi connectivity index (χ3n) is 2.41. The zero-order valence-electron chi connectivity index (χ0n) is 10.6. The van der Waals surface area contributed by atoms with Gasteiger partial charge in [-0.15, -0.1) is 11.3 Å². The average Bonchev–Trinajstić information content (AvgIpc) is 2.69. The van der Waals surface area contributed by atoms with Crippen LogP contribution in [0.1, 0.15) is 29.2 Å². The summed E-state index contributed by atoms with van der Waals surface area (Å²) in [5, 5.41) is 8.91. The van der Waals surface area contributed by atoms with Gasteiger partial charge >= 0.3 is 5.97 Å². The van der Waals surface area contributed by atoms with Gasteiger partial charge < -0.3 is 10.0 Å². The highest BCUT2D eigenvalue weighted by molar-refractivity contribution is 8.01. The number of hydrogen-bond acceptors (Lipinski definition) is 5. The van der Waals surface area contributed by atoms with Crippen LogP contribution in [0.15, 0.2) is 4.34 Å². The van der Waals surface area contributed by atoms with Gasteiger partial charge in [0.15, 0.2) is 4.34 Å². The number of aryl methyl sites for hydroxylation is 1. The quantitative estimate of drug-likeness (QED) is 0.812. The molecule has 0 radical (unpaired) electrons. The largest absolute Gasteiger partial charge is 0.477 e. The summed E-state index contributed by atoms with van der Waals surface area (Å²) in [7, 11) is 0.